The van der Waals surface area contributed by atoms with Gasteiger partial charge < -0.3 is 24.8 Å². The molecule has 1 heterocycles. The first-order valence-corrected chi connectivity index (χ1v) is 8.98. The van der Waals surface area contributed by atoms with Crippen molar-refractivity contribution >= 4 is 29.0 Å². The van der Waals surface area contributed by atoms with E-state index < -0.39 is 0 Å². The Morgan fingerprint density at radius 2 is 1.66 bits per heavy atom. The second-order valence-electron chi connectivity index (χ2n) is 5.90. The smallest absolute Gasteiger partial charge is 0.338 e. The summed E-state index contributed by atoms with van der Waals surface area (Å²) in [7, 11) is 3.19. The highest BCUT2D eigenvalue weighted by atomic mass is 16.5. The van der Waals surface area contributed by atoms with Gasteiger partial charge in [-0.3, -0.25) is 0 Å². The summed E-state index contributed by atoms with van der Waals surface area (Å²) in [6, 6.07) is 14.2. The molecule has 0 unspecified atom stereocenters. The van der Waals surface area contributed by atoms with Crippen molar-refractivity contribution in [3.05, 3.63) is 60.4 Å². The minimum atomic E-state index is -0.346. The fraction of sp³-hybridized carbons (Fsp3) is 0.190. The largest absolute Gasteiger partial charge is 0.497 e. The van der Waals surface area contributed by atoms with Crippen LogP contribution in [0.2, 0.25) is 0 Å². The molecule has 0 bridgehead atoms. The van der Waals surface area contributed by atoms with E-state index in [1.165, 1.54) is 6.33 Å². The van der Waals surface area contributed by atoms with Crippen molar-refractivity contribution in [1.82, 2.24) is 9.97 Å². The lowest BCUT2D eigenvalue weighted by atomic mass is 10.2. The second-order valence-corrected chi connectivity index (χ2v) is 5.90. The summed E-state index contributed by atoms with van der Waals surface area (Å²) < 4.78 is 15.6. The average Bonchev–Trinajstić information content (AvgIpc) is 2.75. The summed E-state index contributed by atoms with van der Waals surface area (Å²) in [6.07, 6.45) is 1.45. The zero-order valence-corrected chi connectivity index (χ0v) is 16.4. The fourth-order valence-electron chi connectivity index (χ4n) is 2.59. The van der Waals surface area contributed by atoms with E-state index in [9.17, 15) is 4.79 Å². The standard InChI is InChI=1S/C21H22N4O4/c1-4-29-21(26)14-5-7-15(8-6-14)24-19-12-20(23-13-22-19)25-17-10-9-16(27-2)11-18(17)28-3/h5-13H,4H2,1-3H3,(H2,22,23,24,25). The molecule has 0 saturated carbocycles. The van der Waals surface area contributed by atoms with E-state index in [1.54, 1.807) is 57.5 Å². The molecule has 0 fully saturated rings. The average molecular weight is 394 g/mol. The maximum atomic E-state index is 11.7. The fourth-order valence-corrected chi connectivity index (χ4v) is 2.59. The summed E-state index contributed by atoms with van der Waals surface area (Å²) in [6.45, 7) is 2.12. The topological polar surface area (TPSA) is 94.6 Å². The highest BCUT2D eigenvalue weighted by molar-refractivity contribution is 5.89. The Morgan fingerprint density at radius 1 is 0.931 bits per heavy atom. The highest BCUT2D eigenvalue weighted by Gasteiger charge is 2.08. The minimum Gasteiger partial charge on any atom is -0.497 e. The second kappa shape index (κ2) is 9.41. The van der Waals surface area contributed by atoms with Crippen molar-refractivity contribution in [3.63, 3.8) is 0 Å². The van der Waals surface area contributed by atoms with Gasteiger partial charge in [-0.15, -0.1) is 0 Å². The maximum absolute atomic E-state index is 11.7. The molecule has 2 N–H and O–H groups in total. The van der Waals surface area contributed by atoms with Crippen LogP contribution in [0, 0.1) is 0 Å². The SMILES string of the molecule is CCOC(=O)c1ccc(Nc2cc(Nc3ccc(OC)cc3OC)ncn2)cc1. The highest BCUT2D eigenvalue weighted by Crippen LogP contribution is 2.31. The molecule has 0 aliphatic carbocycles. The molecule has 8 heteroatoms. The molecule has 0 aliphatic rings. The van der Waals surface area contributed by atoms with E-state index in [-0.39, 0.29) is 5.97 Å². The van der Waals surface area contributed by atoms with E-state index in [0.717, 1.165) is 11.4 Å². The predicted octanol–water partition coefficient (Wildman–Crippen LogP) is 4.16. The van der Waals surface area contributed by atoms with Crippen LogP contribution in [0.3, 0.4) is 0 Å². The number of nitrogens with one attached hydrogen (secondary N) is 2. The van der Waals surface area contributed by atoms with Crippen LogP contribution in [0.15, 0.2) is 54.9 Å². The number of ether oxygens (including phenoxy) is 3. The molecule has 0 amide bonds. The Balaban J connectivity index is 1.72. The Labute approximate surface area is 168 Å². The van der Waals surface area contributed by atoms with Gasteiger partial charge in [-0.25, -0.2) is 14.8 Å². The van der Waals surface area contributed by atoms with Gasteiger partial charge >= 0.3 is 5.97 Å². The molecular weight excluding hydrogens is 372 g/mol. The molecular formula is C21H22N4O4. The first-order valence-electron chi connectivity index (χ1n) is 8.98. The van der Waals surface area contributed by atoms with Crippen LogP contribution >= 0.6 is 0 Å². The monoisotopic (exact) mass is 394 g/mol. The summed E-state index contributed by atoms with van der Waals surface area (Å²) in [5, 5.41) is 6.39. The number of anilines is 4. The molecule has 0 atom stereocenters. The molecule has 0 saturated heterocycles. The van der Waals surface area contributed by atoms with Crippen LogP contribution in [0.25, 0.3) is 0 Å². The third-order valence-corrected chi connectivity index (χ3v) is 4.01. The van der Waals surface area contributed by atoms with Gasteiger partial charge in [-0.05, 0) is 43.3 Å². The van der Waals surface area contributed by atoms with Crippen LogP contribution in [0.1, 0.15) is 17.3 Å². The molecule has 150 valence electrons. The Kier molecular flexibility index (Phi) is 6.47. The number of esters is 1. The van der Waals surface area contributed by atoms with Crippen LogP contribution in [-0.2, 0) is 4.74 Å². The molecule has 3 rings (SSSR count). The van der Waals surface area contributed by atoms with Gasteiger partial charge in [0.1, 0.15) is 29.5 Å². The maximum Gasteiger partial charge on any atom is 0.338 e. The van der Waals surface area contributed by atoms with Crippen LogP contribution < -0.4 is 20.1 Å². The van der Waals surface area contributed by atoms with E-state index in [0.29, 0.717) is 35.3 Å². The summed E-state index contributed by atoms with van der Waals surface area (Å²) >= 11 is 0. The predicted molar refractivity (Wildman–Crippen MR) is 111 cm³/mol. The number of hydrogen-bond donors (Lipinski definition) is 2. The van der Waals surface area contributed by atoms with E-state index >= 15 is 0 Å². The number of nitrogens with zero attached hydrogens (tertiary/aromatic N) is 2. The van der Waals surface area contributed by atoms with Crippen molar-refractivity contribution < 1.29 is 19.0 Å². The van der Waals surface area contributed by atoms with Gasteiger partial charge in [0.15, 0.2) is 0 Å². The zero-order chi connectivity index (χ0) is 20.6. The molecule has 0 radical (unpaired) electrons. The van der Waals surface area contributed by atoms with Crippen molar-refractivity contribution in [1.29, 1.82) is 0 Å². The molecule has 29 heavy (non-hydrogen) atoms. The van der Waals surface area contributed by atoms with Crippen molar-refractivity contribution in [2.45, 2.75) is 6.92 Å². The van der Waals surface area contributed by atoms with E-state index in [2.05, 4.69) is 20.6 Å². The summed E-state index contributed by atoms with van der Waals surface area (Å²) in [5.41, 5.74) is 2.02. The third-order valence-electron chi connectivity index (χ3n) is 4.01. The van der Waals surface area contributed by atoms with Crippen molar-refractivity contribution in [2.75, 3.05) is 31.5 Å². The number of carbonyl (C=O) groups excluding carboxylic acids is 1. The van der Waals surface area contributed by atoms with Crippen LogP contribution in [0.5, 0.6) is 11.5 Å². The van der Waals surface area contributed by atoms with Crippen molar-refractivity contribution in [3.8, 4) is 11.5 Å². The summed E-state index contributed by atoms with van der Waals surface area (Å²) in [5.74, 6) is 2.17. The summed E-state index contributed by atoms with van der Waals surface area (Å²) in [4.78, 5) is 20.2. The number of methoxy groups -OCH3 is 2. The lowest BCUT2D eigenvalue weighted by molar-refractivity contribution is 0.0526. The van der Waals surface area contributed by atoms with Gasteiger partial charge in [0.2, 0.25) is 0 Å². The number of hydrogen-bond acceptors (Lipinski definition) is 8. The Bertz CT molecular complexity index is 977. The first kappa shape index (κ1) is 19.9. The number of benzene rings is 2. The molecule has 8 nitrogen and oxygen atoms in total. The Morgan fingerprint density at radius 3 is 2.31 bits per heavy atom. The zero-order valence-electron chi connectivity index (χ0n) is 16.4. The van der Waals surface area contributed by atoms with Crippen LogP contribution in [-0.4, -0.2) is 36.8 Å². The minimum absolute atomic E-state index is 0.342. The van der Waals surface area contributed by atoms with Gasteiger partial charge in [0.05, 0.1) is 32.1 Å². The van der Waals surface area contributed by atoms with Gasteiger partial charge in [-0.1, -0.05) is 0 Å². The lowest BCUT2D eigenvalue weighted by Crippen LogP contribution is -2.04. The lowest BCUT2D eigenvalue weighted by Gasteiger charge is -2.13. The van der Waals surface area contributed by atoms with Crippen molar-refractivity contribution in [2.24, 2.45) is 0 Å². The van der Waals surface area contributed by atoms with Gasteiger partial charge in [-0.2, -0.15) is 0 Å². The first-order chi connectivity index (χ1) is 14.1. The normalized spacial score (nSPS) is 10.2. The Hall–Kier alpha value is -3.81. The van der Waals surface area contributed by atoms with Crippen LogP contribution in [0.4, 0.5) is 23.0 Å². The molecule has 0 aliphatic heterocycles. The number of carbonyl (C=O) groups is 1. The molecule has 1 aromatic heterocycles. The van der Waals surface area contributed by atoms with Gasteiger partial charge in [0, 0.05) is 17.8 Å². The van der Waals surface area contributed by atoms with E-state index in [1.807, 2.05) is 12.1 Å². The third kappa shape index (κ3) is 5.13. The molecule has 3 aromatic rings. The number of rotatable bonds is 8. The number of aromatic nitrogens is 2. The van der Waals surface area contributed by atoms with Gasteiger partial charge in [0.25, 0.3) is 0 Å². The quantitative estimate of drug-likeness (QED) is 0.550. The molecule has 2 aromatic carbocycles. The van der Waals surface area contributed by atoms with E-state index in [4.69, 9.17) is 14.2 Å². The molecule has 0 spiro atoms.